The number of hydrogen-bond donors (Lipinski definition) is 1. The molecule has 1 aliphatic carbocycles. The summed E-state index contributed by atoms with van der Waals surface area (Å²) in [6.45, 7) is 2.46. The van der Waals surface area contributed by atoms with Crippen molar-refractivity contribution in [3.63, 3.8) is 0 Å². The molecule has 1 unspecified atom stereocenters. The monoisotopic (exact) mass is 246 g/mol. The van der Waals surface area contributed by atoms with Crippen LogP contribution in [0.3, 0.4) is 0 Å². The van der Waals surface area contributed by atoms with Crippen molar-refractivity contribution in [3.8, 4) is 0 Å². The minimum Gasteiger partial charge on any atom is -0.380 e. The number of nitrogens with zero attached hydrogens (tertiary/aromatic N) is 1. The van der Waals surface area contributed by atoms with E-state index >= 15 is 0 Å². The van der Waals surface area contributed by atoms with Gasteiger partial charge in [0.25, 0.3) is 0 Å². The van der Waals surface area contributed by atoms with E-state index in [1.165, 1.54) is 11.1 Å². The van der Waals surface area contributed by atoms with E-state index in [9.17, 15) is 0 Å². The molecular weight excluding hydrogens is 224 g/mol. The Balaban J connectivity index is 1.84. The fraction of sp³-hybridized carbons (Fsp3) is 0.600. The standard InChI is InChI=1S/C15H22N2O/c1-17(14-6-7-18-10-14)15(11-16)8-12-4-2-3-5-13(12)9-15/h2-5,14H,6-11,16H2,1H3. The Morgan fingerprint density at radius 3 is 2.50 bits per heavy atom. The van der Waals surface area contributed by atoms with Crippen molar-refractivity contribution in [2.75, 3.05) is 26.8 Å². The molecule has 98 valence electrons. The molecule has 1 aromatic carbocycles. The molecule has 1 fully saturated rings. The number of ether oxygens (including phenoxy) is 1. The van der Waals surface area contributed by atoms with E-state index in [0.717, 1.165) is 32.5 Å². The van der Waals surface area contributed by atoms with Crippen LogP contribution in [0, 0.1) is 0 Å². The number of fused-ring (bicyclic) bond motifs is 1. The topological polar surface area (TPSA) is 38.5 Å². The highest BCUT2D eigenvalue weighted by Gasteiger charge is 2.42. The summed E-state index contributed by atoms with van der Waals surface area (Å²) in [6, 6.07) is 9.27. The highest BCUT2D eigenvalue weighted by atomic mass is 16.5. The first-order valence-electron chi connectivity index (χ1n) is 6.83. The summed E-state index contributed by atoms with van der Waals surface area (Å²) >= 11 is 0. The number of hydrogen-bond acceptors (Lipinski definition) is 3. The summed E-state index contributed by atoms with van der Waals surface area (Å²) in [4.78, 5) is 2.49. The third-order valence-electron chi connectivity index (χ3n) is 4.74. The van der Waals surface area contributed by atoms with Gasteiger partial charge in [-0.1, -0.05) is 24.3 Å². The number of rotatable bonds is 3. The molecule has 3 nitrogen and oxygen atoms in total. The molecule has 0 spiro atoms. The first-order valence-corrected chi connectivity index (χ1v) is 6.83. The van der Waals surface area contributed by atoms with Crippen LogP contribution in [0.25, 0.3) is 0 Å². The highest BCUT2D eigenvalue weighted by molar-refractivity contribution is 5.36. The van der Waals surface area contributed by atoms with Crippen molar-refractivity contribution >= 4 is 0 Å². The van der Waals surface area contributed by atoms with E-state index in [-0.39, 0.29) is 5.54 Å². The minimum atomic E-state index is 0.0993. The summed E-state index contributed by atoms with van der Waals surface area (Å²) in [5, 5.41) is 0. The molecule has 18 heavy (non-hydrogen) atoms. The van der Waals surface area contributed by atoms with Crippen molar-refractivity contribution in [2.45, 2.75) is 30.8 Å². The van der Waals surface area contributed by atoms with Gasteiger partial charge in [-0.05, 0) is 37.4 Å². The van der Waals surface area contributed by atoms with E-state index in [1.54, 1.807) is 0 Å². The molecule has 1 aliphatic heterocycles. The van der Waals surface area contributed by atoms with Crippen molar-refractivity contribution in [3.05, 3.63) is 35.4 Å². The lowest BCUT2D eigenvalue weighted by Crippen LogP contribution is -2.57. The van der Waals surface area contributed by atoms with Crippen LogP contribution in [-0.2, 0) is 17.6 Å². The summed E-state index contributed by atoms with van der Waals surface area (Å²) in [6.07, 6.45) is 3.29. The molecule has 0 bridgehead atoms. The van der Waals surface area contributed by atoms with Crippen LogP contribution in [0.5, 0.6) is 0 Å². The maximum Gasteiger partial charge on any atom is 0.0622 e. The van der Waals surface area contributed by atoms with Crippen LogP contribution in [-0.4, -0.2) is 43.3 Å². The molecule has 0 radical (unpaired) electrons. The van der Waals surface area contributed by atoms with E-state index in [2.05, 4.69) is 36.2 Å². The second-order valence-corrected chi connectivity index (χ2v) is 5.68. The van der Waals surface area contributed by atoms with E-state index in [4.69, 9.17) is 10.5 Å². The molecule has 3 rings (SSSR count). The normalized spacial score (nSPS) is 25.6. The van der Waals surface area contributed by atoms with Gasteiger partial charge in [-0.15, -0.1) is 0 Å². The second-order valence-electron chi connectivity index (χ2n) is 5.68. The third kappa shape index (κ3) is 1.87. The Kier molecular flexibility index (Phi) is 3.14. The Bertz CT molecular complexity index is 401. The summed E-state index contributed by atoms with van der Waals surface area (Å²) in [7, 11) is 2.22. The molecule has 2 aliphatic rings. The zero-order valence-corrected chi connectivity index (χ0v) is 11.1. The summed E-state index contributed by atoms with van der Waals surface area (Å²) < 4.78 is 5.52. The maximum absolute atomic E-state index is 6.13. The van der Waals surface area contributed by atoms with Gasteiger partial charge in [0.2, 0.25) is 0 Å². The smallest absolute Gasteiger partial charge is 0.0622 e. The maximum atomic E-state index is 6.13. The zero-order valence-electron chi connectivity index (χ0n) is 11.1. The fourth-order valence-electron chi connectivity index (χ4n) is 3.43. The number of likely N-dealkylation sites (N-methyl/N-ethyl adjacent to an activating group) is 1. The average Bonchev–Trinajstić information content (AvgIpc) is 3.05. The van der Waals surface area contributed by atoms with Crippen LogP contribution in [0.2, 0.25) is 0 Å². The van der Waals surface area contributed by atoms with E-state index in [1.807, 2.05) is 0 Å². The van der Waals surface area contributed by atoms with Crippen LogP contribution in [0.4, 0.5) is 0 Å². The van der Waals surface area contributed by atoms with E-state index in [0.29, 0.717) is 12.6 Å². The lowest BCUT2D eigenvalue weighted by Gasteiger charge is -2.41. The quantitative estimate of drug-likeness (QED) is 0.871. The van der Waals surface area contributed by atoms with Gasteiger partial charge >= 0.3 is 0 Å². The minimum absolute atomic E-state index is 0.0993. The summed E-state index contributed by atoms with van der Waals surface area (Å²) in [5.41, 5.74) is 9.17. The number of nitrogens with two attached hydrogens (primary N) is 1. The molecule has 3 heteroatoms. The Labute approximate surface area is 109 Å². The van der Waals surface area contributed by atoms with Gasteiger partial charge in [0, 0.05) is 24.7 Å². The van der Waals surface area contributed by atoms with Gasteiger partial charge in [0.15, 0.2) is 0 Å². The molecule has 1 atom stereocenters. The Morgan fingerprint density at radius 1 is 1.33 bits per heavy atom. The first kappa shape index (κ1) is 12.2. The lowest BCUT2D eigenvalue weighted by molar-refractivity contribution is 0.0726. The molecule has 1 aromatic rings. The van der Waals surface area contributed by atoms with Crippen LogP contribution in [0.15, 0.2) is 24.3 Å². The van der Waals surface area contributed by atoms with Gasteiger partial charge in [0.05, 0.1) is 6.61 Å². The van der Waals surface area contributed by atoms with Gasteiger partial charge in [-0.25, -0.2) is 0 Å². The number of benzene rings is 1. The predicted octanol–water partition coefficient (Wildman–Crippen LogP) is 1.20. The molecule has 2 N–H and O–H groups in total. The fourth-order valence-corrected chi connectivity index (χ4v) is 3.43. The van der Waals surface area contributed by atoms with Crippen molar-refractivity contribution in [1.29, 1.82) is 0 Å². The van der Waals surface area contributed by atoms with Gasteiger partial charge in [-0.2, -0.15) is 0 Å². The first-order chi connectivity index (χ1) is 8.75. The molecule has 1 heterocycles. The summed E-state index contributed by atoms with van der Waals surface area (Å²) in [5.74, 6) is 0. The Morgan fingerprint density at radius 2 is 2.00 bits per heavy atom. The largest absolute Gasteiger partial charge is 0.380 e. The predicted molar refractivity (Wildman–Crippen MR) is 72.6 cm³/mol. The Hall–Kier alpha value is -0.900. The zero-order chi connectivity index (χ0) is 12.6. The average molecular weight is 246 g/mol. The van der Waals surface area contributed by atoms with Gasteiger partial charge in [0.1, 0.15) is 0 Å². The van der Waals surface area contributed by atoms with Gasteiger partial charge < -0.3 is 10.5 Å². The van der Waals surface area contributed by atoms with E-state index < -0.39 is 0 Å². The third-order valence-corrected chi connectivity index (χ3v) is 4.74. The van der Waals surface area contributed by atoms with Crippen molar-refractivity contribution in [1.82, 2.24) is 4.90 Å². The van der Waals surface area contributed by atoms with Crippen LogP contribution >= 0.6 is 0 Å². The second kappa shape index (κ2) is 4.65. The van der Waals surface area contributed by atoms with Crippen molar-refractivity contribution < 1.29 is 4.74 Å². The van der Waals surface area contributed by atoms with Crippen LogP contribution < -0.4 is 5.73 Å². The van der Waals surface area contributed by atoms with Crippen LogP contribution in [0.1, 0.15) is 17.5 Å². The molecule has 0 amide bonds. The SMILES string of the molecule is CN(C1CCOC1)C1(CN)Cc2ccccc2C1. The van der Waals surface area contributed by atoms with Crippen molar-refractivity contribution in [2.24, 2.45) is 5.73 Å². The lowest BCUT2D eigenvalue weighted by atomic mass is 9.92. The molecule has 0 saturated carbocycles. The highest BCUT2D eigenvalue weighted by Crippen LogP contribution is 2.35. The molecular formula is C15H22N2O. The van der Waals surface area contributed by atoms with Gasteiger partial charge in [-0.3, -0.25) is 4.90 Å². The molecule has 0 aromatic heterocycles. The molecule has 1 saturated heterocycles.